The molecule has 0 saturated carbocycles. The topological polar surface area (TPSA) is 80.3 Å². The first kappa shape index (κ1) is 17.9. The summed E-state index contributed by atoms with van der Waals surface area (Å²) < 4.78 is 0. The number of carbonyl (C=O) groups excluding carboxylic acids is 2. The van der Waals surface area contributed by atoms with Crippen molar-refractivity contribution < 1.29 is 37.2 Å². The molecule has 0 amide bonds. The van der Waals surface area contributed by atoms with Crippen molar-refractivity contribution >= 4 is 11.9 Å². The van der Waals surface area contributed by atoms with Gasteiger partial charge < -0.3 is 19.8 Å². The summed E-state index contributed by atoms with van der Waals surface area (Å²) >= 11 is 0. The molecule has 0 aromatic rings. The Hall–Kier alpha value is -1.05. The van der Waals surface area contributed by atoms with E-state index >= 15 is 0 Å². The Bertz CT molecular complexity index is 172. The predicted octanol–water partition coefficient (Wildman–Crippen LogP) is -1.38. The molecule has 0 N–H and O–H groups in total. The number of carbonyl (C=O) groups is 2. The van der Waals surface area contributed by atoms with Gasteiger partial charge in [0.15, 0.2) is 0 Å². The number of carboxylic acid groups (broad SMARTS) is 2. The van der Waals surface area contributed by atoms with Gasteiger partial charge in [0, 0.05) is 0 Å². The molecule has 0 aliphatic rings. The van der Waals surface area contributed by atoms with E-state index in [0.717, 1.165) is 0 Å². The average Bonchev–Trinajstić information content (AvgIpc) is 1.88. The van der Waals surface area contributed by atoms with Crippen LogP contribution in [0, 0.1) is 0 Å². The van der Waals surface area contributed by atoms with Gasteiger partial charge >= 0.3 is 17.4 Å². The van der Waals surface area contributed by atoms with Crippen molar-refractivity contribution in [3.8, 4) is 0 Å². The smallest absolute Gasteiger partial charge is 0.545 e. The van der Waals surface area contributed by atoms with Crippen molar-refractivity contribution in [2.24, 2.45) is 0 Å². The van der Waals surface area contributed by atoms with E-state index in [9.17, 15) is 19.8 Å². The second-order valence-corrected chi connectivity index (χ2v) is 2.14. The van der Waals surface area contributed by atoms with Crippen molar-refractivity contribution in [2.45, 2.75) is 13.8 Å². The minimum atomic E-state index is -1.19. The predicted molar refractivity (Wildman–Crippen MR) is 39.6 cm³/mol. The van der Waals surface area contributed by atoms with Crippen LogP contribution in [0.4, 0.5) is 0 Å². The summed E-state index contributed by atoms with van der Waals surface area (Å²) in [6.45, 7) is 8.95. The van der Waals surface area contributed by atoms with E-state index in [1.807, 2.05) is 0 Å². The molecule has 4 nitrogen and oxygen atoms in total. The van der Waals surface area contributed by atoms with Gasteiger partial charge in [-0.3, -0.25) is 0 Å². The quantitative estimate of drug-likeness (QED) is 0.539. The van der Waals surface area contributed by atoms with Crippen LogP contribution in [0.15, 0.2) is 24.3 Å². The van der Waals surface area contributed by atoms with Gasteiger partial charge in [-0.2, -0.15) is 0 Å². The zero-order chi connectivity index (χ0) is 10.3. The summed E-state index contributed by atoms with van der Waals surface area (Å²) in [5.74, 6) is -2.37. The van der Waals surface area contributed by atoms with E-state index < -0.39 is 11.9 Å². The molecule has 0 aromatic carbocycles. The molecule has 0 rings (SSSR count). The minimum Gasteiger partial charge on any atom is -0.545 e. The molecule has 0 saturated heterocycles. The Morgan fingerprint density at radius 2 is 1.00 bits per heavy atom. The Kier molecular flexibility index (Phi) is 12.4. The van der Waals surface area contributed by atoms with Gasteiger partial charge in [0.1, 0.15) is 0 Å². The Morgan fingerprint density at radius 1 is 0.923 bits per heavy atom. The van der Waals surface area contributed by atoms with Gasteiger partial charge in [0.2, 0.25) is 0 Å². The van der Waals surface area contributed by atoms with Gasteiger partial charge in [-0.1, -0.05) is 13.2 Å². The molecule has 0 spiro atoms. The van der Waals surface area contributed by atoms with Crippen molar-refractivity contribution in [1.29, 1.82) is 0 Å². The maximum absolute atomic E-state index is 9.49. The summed E-state index contributed by atoms with van der Waals surface area (Å²) in [6, 6.07) is 0. The van der Waals surface area contributed by atoms with Crippen LogP contribution in [0.2, 0.25) is 0 Å². The molecule has 5 heteroatoms. The second-order valence-electron chi connectivity index (χ2n) is 2.14. The fraction of sp³-hybridized carbons (Fsp3) is 0.250. The normalized spacial score (nSPS) is 6.92. The minimum absolute atomic E-state index is 0. The number of aliphatic carboxylic acids is 2. The largest absolute Gasteiger partial charge is 3.00 e. The Balaban J connectivity index is -0.000000143. The zero-order valence-electron chi connectivity index (χ0n) is 7.46. The Labute approximate surface area is 87.7 Å². The molecule has 0 fully saturated rings. The first-order chi connectivity index (χ1) is 5.29. The maximum atomic E-state index is 9.49. The van der Waals surface area contributed by atoms with Crippen molar-refractivity contribution in [1.82, 2.24) is 0 Å². The third-order valence-electron chi connectivity index (χ3n) is 0.697. The monoisotopic (exact) mass is 222 g/mol. The Morgan fingerprint density at radius 3 is 1.00 bits per heavy atom. The molecular weight excluding hydrogens is 212 g/mol. The molecule has 0 aliphatic heterocycles. The zero-order valence-corrected chi connectivity index (χ0v) is 8.73. The number of rotatable bonds is 2. The van der Waals surface area contributed by atoms with E-state index in [1.54, 1.807) is 0 Å². The fourth-order valence-electron chi connectivity index (χ4n) is 0. The van der Waals surface area contributed by atoms with Crippen molar-refractivity contribution in [3.63, 3.8) is 0 Å². The fourth-order valence-corrected chi connectivity index (χ4v) is 0. The van der Waals surface area contributed by atoms with Gasteiger partial charge in [-0.05, 0) is 25.0 Å². The maximum Gasteiger partial charge on any atom is 3.00 e. The van der Waals surface area contributed by atoms with Gasteiger partial charge in [-0.15, -0.1) is 0 Å². The van der Waals surface area contributed by atoms with Crippen LogP contribution in [0.5, 0.6) is 0 Å². The summed E-state index contributed by atoms with van der Waals surface area (Å²) in [5, 5.41) is 19.0. The van der Waals surface area contributed by atoms with Crippen LogP contribution >= 0.6 is 0 Å². The SMILES string of the molecule is C=C(C)C(=O)[O-].C=C(C)C(=O)[O-].[Cr+3]. The first-order valence-corrected chi connectivity index (χ1v) is 3.02. The molecule has 0 aromatic heterocycles. The molecule has 13 heavy (non-hydrogen) atoms. The van der Waals surface area contributed by atoms with Crippen LogP contribution < -0.4 is 10.2 Å². The van der Waals surface area contributed by atoms with Crippen LogP contribution in [-0.4, -0.2) is 11.9 Å². The van der Waals surface area contributed by atoms with Crippen molar-refractivity contribution in [3.05, 3.63) is 24.3 Å². The molecule has 0 unspecified atom stereocenters. The summed E-state index contributed by atoms with van der Waals surface area (Å²) in [7, 11) is 0. The molecule has 0 atom stereocenters. The van der Waals surface area contributed by atoms with Crippen LogP contribution in [0.1, 0.15) is 13.8 Å². The van der Waals surface area contributed by atoms with Gasteiger partial charge in [-0.25, -0.2) is 0 Å². The van der Waals surface area contributed by atoms with E-state index in [1.165, 1.54) is 13.8 Å². The molecule has 0 aliphatic carbocycles. The first-order valence-electron chi connectivity index (χ1n) is 3.02. The van der Waals surface area contributed by atoms with E-state index in [2.05, 4.69) is 13.2 Å². The second kappa shape index (κ2) is 9.04. The van der Waals surface area contributed by atoms with Gasteiger partial charge in [0.05, 0.1) is 11.9 Å². The van der Waals surface area contributed by atoms with Crippen LogP contribution in [0.25, 0.3) is 0 Å². The molecule has 0 bridgehead atoms. The average molecular weight is 222 g/mol. The van der Waals surface area contributed by atoms with E-state index in [4.69, 9.17) is 0 Å². The van der Waals surface area contributed by atoms with Crippen LogP contribution in [0.3, 0.4) is 0 Å². The summed E-state index contributed by atoms with van der Waals surface area (Å²) in [5.41, 5.74) is 0.130. The third-order valence-corrected chi connectivity index (χ3v) is 0.697. The van der Waals surface area contributed by atoms with Crippen molar-refractivity contribution in [2.75, 3.05) is 0 Å². The number of hydrogen-bond donors (Lipinski definition) is 0. The molecular formula is C8H10CrO4+. The van der Waals surface area contributed by atoms with Crippen LogP contribution in [-0.2, 0) is 27.0 Å². The molecule has 0 heterocycles. The summed E-state index contributed by atoms with van der Waals surface area (Å²) in [6.07, 6.45) is 0. The molecule has 71 valence electrons. The number of hydrogen-bond acceptors (Lipinski definition) is 4. The molecule has 1 radical (unpaired) electrons. The van der Waals surface area contributed by atoms with Gasteiger partial charge in [0.25, 0.3) is 0 Å². The van der Waals surface area contributed by atoms with E-state index in [-0.39, 0.29) is 28.5 Å². The standard InChI is InChI=1S/2C4H6O2.Cr/c2*1-3(2)4(5)6;/h2*1H2,2H3,(H,5,6);/q;;+3/p-2. The van der Waals surface area contributed by atoms with E-state index in [0.29, 0.717) is 0 Å². The summed E-state index contributed by atoms with van der Waals surface area (Å²) in [4.78, 5) is 19.0. The number of carboxylic acids is 2. The third kappa shape index (κ3) is 18.2.